The average molecular weight is 292 g/mol. The highest BCUT2D eigenvalue weighted by Crippen LogP contribution is 2.37. The van der Waals surface area contributed by atoms with Crippen molar-refractivity contribution in [2.75, 3.05) is 13.1 Å². The van der Waals surface area contributed by atoms with Gasteiger partial charge in [0.05, 0.1) is 0 Å². The van der Waals surface area contributed by atoms with Crippen LogP contribution in [0.5, 0.6) is 5.75 Å². The molecule has 17 heavy (non-hydrogen) atoms. The van der Waals surface area contributed by atoms with Crippen LogP contribution in [0, 0.1) is 0 Å². The Morgan fingerprint density at radius 3 is 2.88 bits per heavy atom. The topological polar surface area (TPSA) is 32.3 Å². The van der Waals surface area contributed by atoms with Gasteiger partial charge in [0.2, 0.25) is 0 Å². The summed E-state index contributed by atoms with van der Waals surface area (Å²) in [5.41, 5.74) is 1.10. The second-order valence-electron chi connectivity index (χ2n) is 4.55. The fourth-order valence-corrected chi connectivity index (χ4v) is 3.02. The molecule has 0 spiro atoms. The number of hydrogen-bond acceptors (Lipinski definition) is 2. The molecule has 1 saturated heterocycles. The van der Waals surface area contributed by atoms with Crippen molar-refractivity contribution in [3.8, 4) is 5.75 Å². The summed E-state index contributed by atoms with van der Waals surface area (Å²) in [5, 5.41) is 15.8. The Morgan fingerprint density at radius 2 is 2.12 bits per heavy atom. The number of nitrogens with one attached hydrogen (secondary N) is 1. The van der Waals surface area contributed by atoms with Gasteiger partial charge in [-0.05, 0) is 41.9 Å². The number of phenolic OH excluding ortho intramolecular Hbond substituents is 1. The molecule has 2 nitrogen and oxygen atoms in total. The van der Waals surface area contributed by atoms with Crippen molar-refractivity contribution in [1.29, 1.82) is 0 Å². The number of benzene rings is 2. The Balaban J connectivity index is 2.23. The van der Waals surface area contributed by atoms with E-state index in [1.54, 1.807) is 0 Å². The second kappa shape index (κ2) is 4.31. The fraction of sp³-hybridized carbons (Fsp3) is 0.286. The molecular weight excluding hydrogens is 278 g/mol. The van der Waals surface area contributed by atoms with Crippen LogP contribution in [0.4, 0.5) is 0 Å². The molecule has 1 unspecified atom stereocenters. The van der Waals surface area contributed by atoms with Gasteiger partial charge in [0.25, 0.3) is 0 Å². The van der Waals surface area contributed by atoms with E-state index >= 15 is 0 Å². The SMILES string of the molecule is Oc1ccc2cc(Br)ccc2c1C1CCNC1. The Hall–Kier alpha value is -1.06. The minimum absolute atomic E-state index is 0.425. The van der Waals surface area contributed by atoms with Gasteiger partial charge in [-0.2, -0.15) is 0 Å². The third-order valence-electron chi connectivity index (χ3n) is 3.47. The van der Waals surface area contributed by atoms with Gasteiger partial charge in [0.1, 0.15) is 5.75 Å². The van der Waals surface area contributed by atoms with Crippen molar-refractivity contribution in [2.24, 2.45) is 0 Å². The van der Waals surface area contributed by atoms with Crippen molar-refractivity contribution in [1.82, 2.24) is 5.32 Å². The maximum atomic E-state index is 10.1. The lowest BCUT2D eigenvalue weighted by Crippen LogP contribution is -2.08. The minimum atomic E-state index is 0.425. The van der Waals surface area contributed by atoms with Crippen molar-refractivity contribution in [2.45, 2.75) is 12.3 Å². The first-order valence-corrected chi connectivity index (χ1v) is 6.67. The van der Waals surface area contributed by atoms with E-state index < -0.39 is 0 Å². The van der Waals surface area contributed by atoms with Crippen LogP contribution in [-0.2, 0) is 0 Å². The normalized spacial score (nSPS) is 19.9. The quantitative estimate of drug-likeness (QED) is 0.844. The molecule has 0 bridgehead atoms. The molecule has 1 atom stereocenters. The molecule has 3 heteroatoms. The predicted molar refractivity (Wildman–Crippen MR) is 73.5 cm³/mol. The number of phenols is 1. The zero-order valence-corrected chi connectivity index (χ0v) is 11.0. The molecule has 2 N–H and O–H groups in total. The van der Waals surface area contributed by atoms with Crippen molar-refractivity contribution < 1.29 is 5.11 Å². The lowest BCUT2D eigenvalue weighted by atomic mass is 9.92. The molecule has 2 aromatic carbocycles. The average Bonchev–Trinajstić information content (AvgIpc) is 2.82. The highest BCUT2D eigenvalue weighted by Gasteiger charge is 2.21. The zero-order chi connectivity index (χ0) is 11.8. The highest BCUT2D eigenvalue weighted by molar-refractivity contribution is 9.10. The standard InChI is InChI=1S/C14H14BrNO/c15-11-2-3-12-9(7-11)1-4-13(17)14(12)10-5-6-16-8-10/h1-4,7,10,16-17H,5-6,8H2. The second-order valence-corrected chi connectivity index (χ2v) is 5.47. The number of halogens is 1. The first-order chi connectivity index (χ1) is 8.25. The van der Waals surface area contributed by atoms with Crippen LogP contribution in [0.3, 0.4) is 0 Å². The van der Waals surface area contributed by atoms with Gasteiger partial charge >= 0.3 is 0 Å². The summed E-state index contributed by atoms with van der Waals surface area (Å²) in [7, 11) is 0. The zero-order valence-electron chi connectivity index (χ0n) is 9.41. The van der Waals surface area contributed by atoms with E-state index in [1.165, 1.54) is 10.8 Å². The molecular formula is C14H14BrNO. The Kier molecular flexibility index (Phi) is 2.81. The van der Waals surface area contributed by atoms with E-state index in [-0.39, 0.29) is 0 Å². The molecule has 0 aromatic heterocycles. The summed E-state index contributed by atoms with van der Waals surface area (Å²) >= 11 is 3.48. The molecule has 0 saturated carbocycles. The molecule has 1 heterocycles. The smallest absolute Gasteiger partial charge is 0.119 e. The summed E-state index contributed by atoms with van der Waals surface area (Å²) in [4.78, 5) is 0. The van der Waals surface area contributed by atoms with Gasteiger partial charge in [0.15, 0.2) is 0 Å². The van der Waals surface area contributed by atoms with E-state index in [9.17, 15) is 5.11 Å². The van der Waals surface area contributed by atoms with Crippen LogP contribution in [0.2, 0.25) is 0 Å². The predicted octanol–water partition coefficient (Wildman–Crippen LogP) is 3.38. The minimum Gasteiger partial charge on any atom is -0.508 e. The van der Waals surface area contributed by atoms with Gasteiger partial charge in [0, 0.05) is 22.5 Å². The Labute approximate surface area is 109 Å². The van der Waals surface area contributed by atoms with Gasteiger partial charge in [-0.3, -0.25) is 0 Å². The van der Waals surface area contributed by atoms with Crippen molar-refractivity contribution in [3.63, 3.8) is 0 Å². The largest absolute Gasteiger partial charge is 0.508 e. The summed E-state index contributed by atoms with van der Waals surface area (Å²) in [6.07, 6.45) is 1.10. The summed E-state index contributed by atoms with van der Waals surface area (Å²) in [5.74, 6) is 0.855. The van der Waals surface area contributed by atoms with Crippen LogP contribution < -0.4 is 5.32 Å². The van der Waals surface area contributed by atoms with Crippen molar-refractivity contribution in [3.05, 3.63) is 40.4 Å². The van der Waals surface area contributed by atoms with E-state index in [2.05, 4.69) is 33.4 Å². The third-order valence-corrected chi connectivity index (χ3v) is 3.96. The molecule has 0 aliphatic carbocycles. The monoisotopic (exact) mass is 291 g/mol. The highest BCUT2D eigenvalue weighted by atomic mass is 79.9. The van der Waals surface area contributed by atoms with Gasteiger partial charge in [-0.1, -0.05) is 28.1 Å². The lowest BCUT2D eigenvalue weighted by molar-refractivity contribution is 0.464. The molecule has 1 aliphatic rings. The van der Waals surface area contributed by atoms with E-state index in [1.807, 2.05) is 18.2 Å². The van der Waals surface area contributed by atoms with Crippen LogP contribution in [-0.4, -0.2) is 18.2 Å². The molecule has 0 radical (unpaired) electrons. The lowest BCUT2D eigenvalue weighted by Gasteiger charge is -2.14. The molecule has 1 fully saturated rings. The van der Waals surface area contributed by atoms with Crippen LogP contribution in [0.25, 0.3) is 10.8 Å². The first kappa shape index (κ1) is 11.1. The van der Waals surface area contributed by atoms with Crippen LogP contribution in [0.15, 0.2) is 34.8 Å². The van der Waals surface area contributed by atoms with E-state index in [0.717, 1.165) is 29.5 Å². The molecule has 0 amide bonds. The van der Waals surface area contributed by atoms with Gasteiger partial charge < -0.3 is 10.4 Å². The van der Waals surface area contributed by atoms with Crippen LogP contribution in [0.1, 0.15) is 17.9 Å². The number of hydrogen-bond donors (Lipinski definition) is 2. The number of rotatable bonds is 1. The molecule has 3 rings (SSSR count). The third kappa shape index (κ3) is 1.94. The van der Waals surface area contributed by atoms with Gasteiger partial charge in [-0.25, -0.2) is 0 Å². The van der Waals surface area contributed by atoms with Gasteiger partial charge in [-0.15, -0.1) is 0 Å². The first-order valence-electron chi connectivity index (χ1n) is 5.87. The molecule has 1 aliphatic heterocycles. The Morgan fingerprint density at radius 1 is 1.24 bits per heavy atom. The Bertz CT molecular complexity index is 561. The maximum absolute atomic E-state index is 10.1. The summed E-state index contributed by atoms with van der Waals surface area (Å²) in [6, 6.07) is 10.0. The number of fused-ring (bicyclic) bond motifs is 1. The molecule has 88 valence electrons. The summed E-state index contributed by atoms with van der Waals surface area (Å²) in [6.45, 7) is 2.00. The summed E-state index contributed by atoms with van der Waals surface area (Å²) < 4.78 is 1.08. The number of aromatic hydroxyl groups is 1. The maximum Gasteiger partial charge on any atom is 0.119 e. The van der Waals surface area contributed by atoms with Crippen LogP contribution >= 0.6 is 15.9 Å². The van der Waals surface area contributed by atoms with E-state index in [0.29, 0.717) is 11.7 Å². The molecule has 2 aromatic rings. The van der Waals surface area contributed by atoms with Crippen molar-refractivity contribution >= 4 is 26.7 Å². The fourth-order valence-electron chi connectivity index (χ4n) is 2.64. The van der Waals surface area contributed by atoms with E-state index in [4.69, 9.17) is 0 Å².